The molecule has 0 saturated carbocycles. The zero-order valence-electron chi connectivity index (χ0n) is 11.6. The number of carbonyl (C=O) groups excluding carboxylic acids is 1. The minimum Gasteiger partial charge on any atom is -0.507 e. The van der Waals surface area contributed by atoms with Gasteiger partial charge in [-0.15, -0.1) is 11.3 Å². The number of allylic oxidation sites excluding steroid dienone is 1. The van der Waals surface area contributed by atoms with E-state index in [-0.39, 0.29) is 22.0 Å². The fourth-order valence-corrected chi connectivity index (χ4v) is 2.52. The average molecular weight is 320 g/mol. The predicted molar refractivity (Wildman–Crippen MR) is 83.3 cm³/mol. The van der Waals surface area contributed by atoms with Gasteiger partial charge in [0.15, 0.2) is 0 Å². The highest BCUT2D eigenvalue weighted by Gasteiger charge is 2.17. The second-order valence-corrected chi connectivity index (χ2v) is 4.99. The quantitative estimate of drug-likeness (QED) is 0.749. The van der Waals surface area contributed by atoms with Gasteiger partial charge in [0.05, 0.1) is 11.3 Å². The number of phenols is 1. The van der Waals surface area contributed by atoms with Gasteiger partial charge in [-0.25, -0.2) is 9.37 Å². The number of phenolic OH excluding ortho intramolecular Hbond substituents is 1. The van der Waals surface area contributed by atoms with E-state index in [1.807, 2.05) is 0 Å². The smallest absolute Gasteiger partial charge is 0.275 e. The lowest BCUT2D eigenvalue weighted by Crippen LogP contribution is -2.24. The summed E-state index contributed by atoms with van der Waals surface area (Å²) in [5, 5.41) is 13.9. The molecule has 1 amide bonds. The lowest BCUT2D eigenvalue weighted by molar-refractivity contribution is 0.0964. The molecule has 0 aliphatic rings. The number of benzene rings is 1. The highest BCUT2D eigenvalue weighted by Crippen LogP contribution is 2.33. The first kappa shape index (κ1) is 15.6. The summed E-state index contributed by atoms with van der Waals surface area (Å²) in [5.41, 5.74) is 5.73. The minimum absolute atomic E-state index is 0.0312. The summed E-state index contributed by atoms with van der Waals surface area (Å²) >= 11 is 1.05. The van der Waals surface area contributed by atoms with E-state index in [0.29, 0.717) is 5.70 Å². The molecule has 2 rings (SSSR count). The standard InChI is InChI=1S/C14H13FN4O2S/c1-17-6-8(5-16)18-13(21)10-7-22-14(19-10)12-9(15)3-2-4-11(12)20/h2-7,20H,16H2,1H3,(H,18,21). The molecule has 1 heterocycles. The number of hydrogen-bond acceptors (Lipinski definition) is 6. The average Bonchev–Trinajstić information content (AvgIpc) is 2.96. The molecule has 0 bridgehead atoms. The number of aromatic hydroxyl groups is 1. The molecule has 0 unspecified atom stereocenters. The molecule has 8 heteroatoms. The molecule has 6 nitrogen and oxygen atoms in total. The third-order valence-corrected chi connectivity index (χ3v) is 3.51. The first-order valence-corrected chi connectivity index (χ1v) is 7.03. The number of aliphatic imine (C=N–C) groups is 1. The Balaban J connectivity index is 2.27. The maximum Gasteiger partial charge on any atom is 0.275 e. The molecule has 1 aromatic heterocycles. The molecule has 0 fully saturated rings. The first-order chi connectivity index (χ1) is 10.6. The van der Waals surface area contributed by atoms with Gasteiger partial charge in [-0.05, 0) is 12.1 Å². The topological polar surface area (TPSA) is 101 Å². The zero-order valence-corrected chi connectivity index (χ0v) is 12.4. The van der Waals surface area contributed by atoms with Gasteiger partial charge in [-0.3, -0.25) is 9.79 Å². The number of halogens is 1. The van der Waals surface area contributed by atoms with Crippen LogP contribution in [-0.4, -0.2) is 29.3 Å². The summed E-state index contributed by atoms with van der Waals surface area (Å²) in [6.07, 6.45) is 2.58. The largest absolute Gasteiger partial charge is 0.507 e. The van der Waals surface area contributed by atoms with E-state index < -0.39 is 11.7 Å². The van der Waals surface area contributed by atoms with Gasteiger partial charge in [-0.2, -0.15) is 0 Å². The van der Waals surface area contributed by atoms with Crippen LogP contribution in [0.3, 0.4) is 0 Å². The Kier molecular flexibility index (Phi) is 4.84. The second kappa shape index (κ2) is 6.81. The maximum atomic E-state index is 13.8. The molecular formula is C14H13FN4O2S. The number of nitrogens with zero attached hydrogens (tertiary/aromatic N) is 2. The van der Waals surface area contributed by atoms with Crippen molar-refractivity contribution in [3.8, 4) is 16.3 Å². The normalized spacial score (nSPS) is 11.8. The number of thiazole rings is 1. The maximum absolute atomic E-state index is 13.8. The number of rotatable bonds is 4. The van der Waals surface area contributed by atoms with Gasteiger partial charge in [0.1, 0.15) is 22.3 Å². The van der Waals surface area contributed by atoms with Crippen LogP contribution in [0.5, 0.6) is 5.75 Å². The van der Waals surface area contributed by atoms with Crippen molar-refractivity contribution in [1.29, 1.82) is 0 Å². The van der Waals surface area contributed by atoms with Crippen molar-refractivity contribution in [3.63, 3.8) is 0 Å². The van der Waals surface area contributed by atoms with E-state index in [0.717, 1.165) is 11.3 Å². The van der Waals surface area contributed by atoms with Crippen LogP contribution >= 0.6 is 11.3 Å². The van der Waals surface area contributed by atoms with Crippen LogP contribution in [0.4, 0.5) is 4.39 Å². The summed E-state index contributed by atoms with van der Waals surface area (Å²) in [7, 11) is 1.54. The van der Waals surface area contributed by atoms with Crippen molar-refractivity contribution >= 4 is 23.5 Å². The molecule has 0 aliphatic heterocycles. The van der Waals surface area contributed by atoms with Gasteiger partial charge in [0.25, 0.3) is 5.91 Å². The van der Waals surface area contributed by atoms with Crippen molar-refractivity contribution < 1.29 is 14.3 Å². The van der Waals surface area contributed by atoms with Crippen LogP contribution in [0.25, 0.3) is 10.6 Å². The number of amides is 1. The monoisotopic (exact) mass is 320 g/mol. The predicted octanol–water partition coefficient (Wildman–Crippen LogP) is 1.89. The summed E-state index contributed by atoms with van der Waals surface area (Å²) in [5.74, 6) is -1.35. The van der Waals surface area contributed by atoms with E-state index in [2.05, 4.69) is 15.3 Å². The van der Waals surface area contributed by atoms with Crippen LogP contribution in [0.2, 0.25) is 0 Å². The Labute approximate surface area is 129 Å². The van der Waals surface area contributed by atoms with E-state index in [4.69, 9.17) is 5.73 Å². The second-order valence-electron chi connectivity index (χ2n) is 4.14. The number of nitrogens with two attached hydrogens (primary N) is 1. The van der Waals surface area contributed by atoms with E-state index in [9.17, 15) is 14.3 Å². The molecule has 0 aliphatic carbocycles. The molecule has 0 saturated heterocycles. The van der Waals surface area contributed by atoms with Crippen LogP contribution in [-0.2, 0) is 0 Å². The van der Waals surface area contributed by atoms with Crippen LogP contribution in [0.15, 0.2) is 40.5 Å². The molecule has 0 radical (unpaired) electrons. The lowest BCUT2D eigenvalue weighted by atomic mass is 10.2. The third-order valence-electron chi connectivity index (χ3n) is 2.65. The molecule has 0 atom stereocenters. The Hall–Kier alpha value is -2.74. The third kappa shape index (κ3) is 3.29. The Morgan fingerprint density at radius 1 is 1.55 bits per heavy atom. The van der Waals surface area contributed by atoms with Crippen LogP contribution < -0.4 is 11.1 Å². The molecule has 1 aromatic carbocycles. The van der Waals surface area contributed by atoms with Crippen molar-refractivity contribution in [3.05, 3.63) is 47.0 Å². The fraction of sp³-hybridized carbons (Fsp3) is 0.0714. The molecule has 114 valence electrons. The van der Waals surface area contributed by atoms with Crippen molar-refractivity contribution in [1.82, 2.24) is 10.3 Å². The van der Waals surface area contributed by atoms with Crippen molar-refractivity contribution in [2.24, 2.45) is 10.7 Å². The van der Waals surface area contributed by atoms with Crippen molar-refractivity contribution in [2.45, 2.75) is 0 Å². The molecular weight excluding hydrogens is 307 g/mol. The van der Waals surface area contributed by atoms with Crippen molar-refractivity contribution in [2.75, 3.05) is 7.05 Å². The van der Waals surface area contributed by atoms with Gasteiger partial charge in [0, 0.05) is 24.8 Å². The number of aromatic nitrogens is 1. The Morgan fingerprint density at radius 2 is 2.32 bits per heavy atom. The Morgan fingerprint density at radius 3 is 2.95 bits per heavy atom. The van der Waals surface area contributed by atoms with Crippen LogP contribution in [0, 0.1) is 5.82 Å². The van der Waals surface area contributed by atoms with E-state index >= 15 is 0 Å². The SMILES string of the molecule is CN=CC(=CN)NC(=O)c1csc(-c2c(O)cccc2F)n1. The minimum atomic E-state index is -0.609. The van der Waals surface area contributed by atoms with E-state index in [1.165, 1.54) is 43.0 Å². The summed E-state index contributed by atoms with van der Waals surface area (Å²) in [4.78, 5) is 19.8. The number of carbonyl (C=O) groups is 1. The molecule has 4 N–H and O–H groups in total. The molecule has 0 spiro atoms. The van der Waals surface area contributed by atoms with E-state index in [1.54, 1.807) is 0 Å². The van der Waals surface area contributed by atoms with Crippen LogP contribution in [0.1, 0.15) is 10.5 Å². The molecule has 22 heavy (non-hydrogen) atoms. The highest BCUT2D eigenvalue weighted by atomic mass is 32.1. The number of hydrogen-bond donors (Lipinski definition) is 3. The zero-order chi connectivity index (χ0) is 16.1. The summed E-state index contributed by atoms with van der Waals surface area (Å²) < 4.78 is 13.8. The summed E-state index contributed by atoms with van der Waals surface area (Å²) in [6.45, 7) is 0. The lowest BCUT2D eigenvalue weighted by Gasteiger charge is -2.03. The number of nitrogens with one attached hydrogen (secondary N) is 1. The van der Waals surface area contributed by atoms with Gasteiger partial charge in [0.2, 0.25) is 0 Å². The van der Waals surface area contributed by atoms with Gasteiger partial charge >= 0.3 is 0 Å². The van der Waals surface area contributed by atoms with Gasteiger partial charge < -0.3 is 16.2 Å². The highest BCUT2D eigenvalue weighted by molar-refractivity contribution is 7.13. The first-order valence-electron chi connectivity index (χ1n) is 6.15. The van der Waals surface area contributed by atoms with Gasteiger partial charge in [-0.1, -0.05) is 6.07 Å². The molecule has 2 aromatic rings. The summed E-state index contributed by atoms with van der Waals surface area (Å²) in [6, 6.07) is 3.95. The fourth-order valence-electron chi connectivity index (χ4n) is 1.67. The Bertz CT molecular complexity index is 735.